The number of rotatable bonds is 3. The van der Waals surface area contributed by atoms with Crippen molar-refractivity contribution in [1.29, 1.82) is 0 Å². The lowest BCUT2D eigenvalue weighted by molar-refractivity contribution is 0.0798. The van der Waals surface area contributed by atoms with Crippen molar-refractivity contribution in [2.24, 2.45) is 5.41 Å². The first kappa shape index (κ1) is 15.1. The van der Waals surface area contributed by atoms with Gasteiger partial charge in [-0.2, -0.15) is 0 Å². The molecule has 0 amide bonds. The summed E-state index contributed by atoms with van der Waals surface area (Å²) in [5.41, 5.74) is 0.201. The van der Waals surface area contributed by atoms with Crippen LogP contribution in [0.25, 0.3) is 0 Å². The maximum atomic E-state index is 5.96. The summed E-state index contributed by atoms with van der Waals surface area (Å²) in [5, 5.41) is 2.16. The lowest BCUT2D eigenvalue weighted by atomic mass is 9.87. The molecule has 0 unspecified atom stereocenters. The second-order valence-electron chi connectivity index (χ2n) is 6.56. The van der Waals surface area contributed by atoms with Crippen molar-refractivity contribution >= 4 is 17.3 Å². The third-order valence-electron chi connectivity index (χ3n) is 4.75. The highest BCUT2D eigenvalue weighted by molar-refractivity contribution is 7.09. The van der Waals surface area contributed by atoms with Gasteiger partial charge in [0.05, 0.1) is 13.2 Å². The van der Waals surface area contributed by atoms with Gasteiger partial charge < -0.3 is 9.64 Å². The van der Waals surface area contributed by atoms with Crippen molar-refractivity contribution in [1.82, 2.24) is 14.9 Å². The third-order valence-corrected chi connectivity index (χ3v) is 5.61. The lowest BCUT2D eigenvalue weighted by Crippen LogP contribution is -2.40. The Kier molecular flexibility index (Phi) is 4.29. The van der Waals surface area contributed by atoms with Crippen molar-refractivity contribution in [2.75, 3.05) is 44.3 Å². The fourth-order valence-corrected chi connectivity index (χ4v) is 4.39. The standard InChI is InChI=1S/C17H22N4OS/c1-3-15(23-10-1)11-20-8-9-22-14-17(12-20)4-7-21(13-17)16-18-5-2-6-19-16/h1-3,5-6,10H,4,7-9,11-14H2/t17-/m1/s1. The Morgan fingerprint density at radius 1 is 1.17 bits per heavy atom. The molecule has 122 valence electrons. The number of ether oxygens (including phenoxy) is 1. The second-order valence-corrected chi connectivity index (χ2v) is 7.60. The highest BCUT2D eigenvalue weighted by Gasteiger charge is 2.41. The number of anilines is 1. The Morgan fingerprint density at radius 2 is 2.09 bits per heavy atom. The van der Waals surface area contributed by atoms with Crippen LogP contribution < -0.4 is 4.90 Å². The molecule has 5 nitrogen and oxygen atoms in total. The summed E-state index contributed by atoms with van der Waals surface area (Å²) in [4.78, 5) is 15.1. The van der Waals surface area contributed by atoms with E-state index >= 15 is 0 Å². The summed E-state index contributed by atoms with van der Waals surface area (Å²) in [5.74, 6) is 0.846. The molecular formula is C17H22N4OS. The van der Waals surface area contributed by atoms with Crippen LogP contribution >= 0.6 is 11.3 Å². The quantitative estimate of drug-likeness (QED) is 0.863. The topological polar surface area (TPSA) is 41.5 Å². The molecule has 4 heterocycles. The van der Waals surface area contributed by atoms with E-state index in [1.165, 1.54) is 4.88 Å². The van der Waals surface area contributed by atoms with Gasteiger partial charge in [0.1, 0.15) is 0 Å². The fourth-order valence-electron chi connectivity index (χ4n) is 3.65. The van der Waals surface area contributed by atoms with Gasteiger partial charge in [0.15, 0.2) is 0 Å². The van der Waals surface area contributed by atoms with E-state index in [0.29, 0.717) is 0 Å². The molecule has 2 saturated heterocycles. The molecule has 0 aromatic carbocycles. The summed E-state index contributed by atoms with van der Waals surface area (Å²) >= 11 is 1.84. The van der Waals surface area contributed by atoms with Gasteiger partial charge >= 0.3 is 0 Å². The normalized spacial score (nSPS) is 25.8. The van der Waals surface area contributed by atoms with Gasteiger partial charge in [-0.1, -0.05) is 6.07 Å². The van der Waals surface area contributed by atoms with Gasteiger partial charge in [-0.3, -0.25) is 4.90 Å². The summed E-state index contributed by atoms with van der Waals surface area (Å²) in [6.45, 7) is 6.81. The van der Waals surface area contributed by atoms with Crippen LogP contribution in [0.4, 0.5) is 5.95 Å². The van der Waals surface area contributed by atoms with E-state index in [1.54, 1.807) is 0 Å². The molecule has 1 spiro atoms. The van der Waals surface area contributed by atoms with Gasteiger partial charge in [0.2, 0.25) is 5.95 Å². The SMILES string of the molecule is c1cnc(N2CC[C@]3(COCCN(Cc4cccs4)C3)C2)nc1. The zero-order valence-corrected chi connectivity index (χ0v) is 14.0. The second kappa shape index (κ2) is 6.55. The summed E-state index contributed by atoms with van der Waals surface area (Å²) in [6, 6.07) is 6.23. The maximum Gasteiger partial charge on any atom is 0.225 e. The zero-order chi connectivity index (χ0) is 15.5. The number of aromatic nitrogens is 2. The number of hydrogen-bond acceptors (Lipinski definition) is 6. The molecule has 2 aliphatic heterocycles. The molecule has 0 aliphatic carbocycles. The van der Waals surface area contributed by atoms with E-state index in [9.17, 15) is 0 Å². The monoisotopic (exact) mass is 330 g/mol. The van der Waals surface area contributed by atoms with Crippen LogP contribution in [-0.4, -0.2) is 54.3 Å². The largest absolute Gasteiger partial charge is 0.379 e. The molecule has 0 bridgehead atoms. The van der Waals surface area contributed by atoms with Crippen LogP contribution in [0.3, 0.4) is 0 Å². The Morgan fingerprint density at radius 3 is 2.91 bits per heavy atom. The number of thiophene rings is 1. The Balaban J connectivity index is 1.46. The van der Waals surface area contributed by atoms with E-state index in [1.807, 2.05) is 29.8 Å². The molecule has 0 N–H and O–H groups in total. The van der Waals surface area contributed by atoms with E-state index in [-0.39, 0.29) is 5.41 Å². The minimum Gasteiger partial charge on any atom is -0.379 e. The van der Waals surface area contributed by atoms with E-state index in [2.05, 4.69) is 37.3 Å². The molecule has 2 fully saturated rings. The van der Waals surface area contributed by atoms with Crippen molar-refractivity contribution in [3.63, 3.8) is 0 Å². The molecule has 0 saturated carbocycles. The van der Waals surface area contributed by atoms with Gasteiger partial charge in [0, 0.05) is 55.4 Å². The predicted molar refractivity (Wildman–Crippen MR) is 91.7 cm³/mol. The predicted octanol–water partition coefficient (Wildman–Crippen LogP) is 2.27. The Labute approximate surface area is 140 Å². The maximum absolute atomic E-state index is 5.96. The number of hydrogen-bond donors (Lipinski definition) is 0. The molecule has 2 aromatic rings. The van der Waals surface area contributed by atoms with Crippen LogP contribution in [-0.2, 0) is 11.3 Å². The van der Waals surface area contributed by atoms with Crippen molar-refractivity contribution < 1.29 is 4.74 Å². The Hall–Kier alpha value is -1.50. The van der Waals surface area contributed by atoms with Crippen LogP contribution in [0.2, 0.25) is 0 Å². The smallest absolute Gasteiger partial charge is 0.225 e. The number of nitrogens with zero attached hydrogens (tertiary/aromatic N) is 4. The first-order valence-corrected chi connectivity index (χ1v) is 9.05. The molecule has 4 rings (SSSR count). The molecule has 2 aliphatic rings. The van der Waals surface area contributed by atoms with Crippen LogP contribution in [0.5, 0.6) is 0 Å². The molecule has 1 atom stereocenters. The van der Waals surface area contributed by atoms with E-state index < -0.39 is 0 Å². The fraction of sp³-hybridized carbons (Fsp3) is 0.529. The highest BCUT2D eigenvalue weighted by atomic mass is 32.1. The zero-order valence-electron chi connectivity index (χ0n) is 13.2. The van der Waals surface area contributed by atoms with Gasteiger partial charge in [-0.05, 0) is 23.9 Å². The van der Waals surface area contributed by atoms with E-state index in [0.717, 1.165) is 58.3 Å². The molecule has 2 aromatic heterocycles. The van der Waals surface area contributed by atoms with Crippen LogP contribution in [0.15, 0.2) is 36.0 Å². The van der Waals surface area contributed by atoms with Gasteiger partial charge in [-0.15, -0.1) is 11.3 Å². The average Bonchev–Trinajstić information content (AvgIpc) is 3.18. The van der Waals surface area contributed by atoms with E-state index in [4.69, 9.17) is 4.74 Å². The average molecular weight is 330 g/mol. The third kappa shape index (κ3) is 3.39. The molecule has 0 radical (unpaired) electrons. The van der Waals surface area contributed by atoms with Crippen LogP contribution in [0.1, 0.15) is 11.3 Å². The van der Waals surface area contributed by atoms with Gasteiger partial charge in [-0.25, -0.2) is 9.97 Å². The lowest BCUT2D eigenvalue weighted by Gasteiger charge is -2.31. The summed E-state index contributed by atoms with van der Waals surface area (Å²) in [6.07, 6.45) is 4.78. The first-order valence-electron chi connectivity index (χ1n) is 8.18. The minimum absolute atomic E-state index is 0.201. The van der Waals surface area contributed by atoms with Crippen LogP contribution in [0, 0.1) is 5.41 Å². The van der Waals surface area contributed by atoms with Crippen molar-refractivity contribution in [2.45, 2.75) is 13.0 Å². The molecular weight excluding hydrogens is 308 g/mol. The van der Waals surface area contributed by atoms with Gasteiger partial charge in [0.25, 0.3) is 0 Å². The van der Waals surface area contributed by atoms with Crippen molar-refractivity contribution in [3.05, 3.63) is 40.8 Å². The minimum atomic E-state index is 0.201. The summed E-state index contributed by atoms with van der Waals surface area (Å²) < 4.78 is 5.96. The summed E-state index contributed by atoms with van der Waals surface area (Å²) in [7, 11) is 0. The van der Waals surface area contributed by atoms with Crippen molar-refractivity contribution in [3.8, 4) is 0 Å². The first-order chi connectivity index (χ1) is 11.3. The molecule has 6 heteroatoms. The Bertz CT molecular complexity index is 621. The molecule has 23 heavy (non-hydrogen) atoms. The highest BCUT2D eigenvalue weighted by Crippen LogP contribution is 2.35.